The van der Waals surface area contributed by atoms with Gasteiger partial charge in [0.2, 0.25) is 0 Å². The maximum absolute atomic E-state index is 13.0. The van der Waals surface area contributed by atoms with Gasteiger partial charge in [-0.2, -0.15) is 0 Å². The average molecular weight is 326 g/mol. The van der Waals surface area contributed by atoms with Crippen molar-refractivity contribution in [2.45, 2.75) is 25.8 Å². The van der Waals surface area contributed by atoms with Crippen LogP contribution in [0.1, 0.15) is 29.3 Å². The lowest BCUT2D eigenvalue weighted by Crippen LogP contribution is -2.42. The second-order valence-corrected chi connectivity index (χ2v) is 5.84. The Morgan fingerprint density at radius 3 is 2.75 bits per heavy atom. The molecule has 0 N–H and O–H groups in total. The molecule has 0 saturated carbocycles. The van der Waals surface area contributed by atoms with Gasteiger partial charge in [0.25, 0.3) is 5.91 Å². The van der Waals surface area contributed by atoms with Gasteiger partial charge < -0.3 is 9.64 Å². The minimum absolute atomic E-state index is 0.0357. The van der Waals surface area contributed by atoms with Gasteiger partial charge in [-0.15, -0.1) is 0 Å². The summed E-state index contributed by atoms with van der Waals surface area (Å²) in [5.74, 6) is -0.0935. The Kier molecular flexibility index (Phi) is 4.20. The third-order valence-corrected chi connectivity index (χ3v) is 4.36. The van der Waals surface area contributed by atoms with Crippen LogP contribution in [0.2, 0.25) is 0 Å². The van der Waals surface area contributed by atoms with E-state index in [9.17, 15) is 14.9 Å². The van der Waals surface area contributed by atoms with Gasteiger partial charge in [0, 0.05) is 23.4 Å². The third kappa shape index (κ3) is 2.71. The Bertz CT molecular complexity index is 803. The molecule has 0 fully saturated rings. The highest BCUT2D eigenvalue weighted by atomic mass is 16.6. The van der Waals surface area contributed by atoms with Gasteiger partial charge in [-0.3, -0.25) is 14.9 Å². The number of methoxy groups -OCH3 is 1. The summed E-state index contributed by atoms with van der Waals surface area (Å²) in [7, 11) is 1.37. The lowest BCUT2D eigenvalue weighted by molar-refractivity contribution is -0.385. The van der Waals surface area contributed by atoms with Crippen LogP contribution in [0.25, 0.3) is 0 Å². The van der Waals surface area contributed by atoms with E-state index in [2.05, 4.69) is 0 Å². The minimum atomic E-state index is -0.539. The first kappa shape index (κ1) is 16.0. The monoisotopic (exact) mass is 326 g/mol. The number of fused-ring (bicyclic) bond motifs is 1. The molecule has 2 aromatic carbocycles. The Balaban J connectivity index is 2.03. The zero-order chi connectivity index (χ0) is 17.3. The van der Waals surface area contributed by atoms with Crippen LogP contribution in [0.15, 0.2) is 42.5 Å². The zero-order valence-corrected chi connectivity index (χ0v) is 13.6. The quantitative estimate of drug-likeness (QED) is 0.638. The van der Waals surface area contributed by atoms with Gasteiger partial charge in [-0.25, -0.2) is 0 Å². The molecule has 24 heavy (non-hydrogen) atoms. The Morgan fingerprint density at radius 2 is 2.04 bits per heavy atom. The van der Waals surface area contributed by atoms with E-state index in [1.807, 2.05) is 31.2 Å². The molecule has 0 aliphatic carbocycles. The van der Waals surface area contributed by atoms with Crippen LogP contribution >= 0.6 is 0 Å². The molecule has 124 valence electrons. The van der Waals surface area contributed by atoms with Gasteiger partial charge in [0.15, 0.2) is 5.75 Å². The van der Waals surface area contributed by atoms with E-state index in [1.165, 1.54) is 19.2 Å². The van der Waals surface area contributed by atoms with Crippen molar-refractivity contribution in [3.05, 3.63) is 63.7 Å². The number of ether oxygens (including phenoxy) is 1. The molecule has 6 heteroatoms. The van der Waals surface area contributed by atoms with Gasteiger partial charge in [-0.1, -0.05) is 18.2 Å². The second-order valence-electron chi connectivity index (χ2n) is 5.84. The van der Waals surface area contributed by atoms with Crippen LogP contribution in [-0.2, 0) is 6.42 Å². The van der Waals surface area contributed by atoms with Crippen LogP contribution in [0.3, 0.4) is 0 Å². The number of rotatable bonds is 3. The van der Waals surface area contributed by atoms with E-state index in [-0.39, 0.29) is 28.9 Å². The number of nitro benzene ring substituents is 1. The molecule has 3 rings (SSSR count). The zero-order valence-electron chi connectivity index (χ0n) is 13.6. The highest BCUT2D eigenvalue weighted by molar-refractivity contribution is 6.07. The van der Waals surface area contributed by atoms with E-state index in [4.69, 9.17) is 4.74 Å². The maximum Gasteiger partial charge on any atom is 0.311 e. The number of hydrogen-bond acceptors (Lipinski definition) is 4. The van der Waals surface area contributed by atoms with E-state index in [0.717, 1.165) is 24.1 Å². The standard InChI is InChI=1S/C18H18N2O4/c1-12-7-8-13-5-3-4-6-15(13)19(12)18(21)14-9-10-17(24-2)16(11-14)20(22)23/h3-6,9-12H,7-8H2,1-2H3. The first-order valence-corrected chi connectivity index (χ1v) is 7.77. The van der Waals surface area contributed by atoms with Crippen LogP contribution < -0.4 is 9.64 Å². The predicted octanol–water partition coefficient (Wildman–Crippen LogP) is 3.58. The molecular weight excluding hydrogens is 308 g/mol. The number of anilines is 1. The molecule has 1 amide bonds. The number of carbonyl (C=O) groups is 1. The summed E-state index contributed by atoms with van der Waals surface area (Å²) in [6.45, 7) is 1.99. The predicted molar refractivity (Wildman–Crippen MR) is 90.7 cm³/mol. The molecule has 0 aromatic heterocycles. The summed E-state index contributed by atoms with van der Waals surface area (Å²) in [5.41, 5.74) is 2.07. The van der Waals surface area contributed by atoms with Crippen molar-refractivity contribution in [2.75, 3.05) is 12.0 Å². The van der Waals surface area contributed by atoms with E-state index in [0.29, 0.717) is 0 Å². The van der Waals surface area contributed by atoms with Crippen molar-refractivity contribution in [1.29, 1.82) is 0 Å². The van der Waals surface area contributed by atoms with Crippen LogP contribution in [-0.4, -0.2) is 24.0 Å². The molecule has 1 atom stereocenters. The molecule has 0 saturated heterocycles. The normalized spacial score (nSPS) is 16.4. The molecule has 1 aliphatic rings. The smallest absolute Gasteiger partial charge is 0.311 e. The summed E-state index contributed by atoms with van der Waals surface area (Å²) in [4.78, 5) is 25.4. The molecular formula is C18H18N2O4. The molecule has 0 spiro atoms. The Morgan fingerprint density at radius 1 is 1.29 bits per heavy atom. The molecule has 2 aromatic rings. The topological polar surface area (TPSA) is 72.7 Å². The van der Waals surface area contributed by atoms with Gasteiger partial charge in [0.05, 0.1) is 12.0 Å². The van der Waals surface area contributed by atoms with E-state index >= 15 is 0 Å². The van der Waals surface area contributed by atoms with Gasteiger partial charge >= 0.3 is 5.69 Å². The average Bonchev–Trinajstić information content (AvgIpc) is 2.60. The van der Waals surface area contributed by atoms with Gasteiger partial charge in [-0.05, 0) is 43.5 Å². The number of benzene rings is 2. The number of aryl methyl sites for hydroxylation is 1. The molecule has 1 unspecified atom stereocenters. The molecule has 6 nitrogen and oxygen atoms in total. The lowest BCUT2D eigenvalue weighted by Gasteiger charge is -2.35. The van der Waals surface area contributed by atoms with Crippen LogP contribution in [0, 0.1) is 10.1 Å². The minimum Gasteiger partial charge on any atom is -0.490 e. The maximum atomic E-state index is 13.0. The number of nitrogens with zero attached hydrogens (tertiary/aromatic N) is 2. The number of hydrogen-bond donors (Lipinski definition) is 0. The number of para-hydroxylation sites is 1. The highest BCUT2D eigenvalue weighted by Gasteiger charge is 2.30. The summed E-state index contributed by atoms with van der Waals surface area (Å²) in [5, 5.41) is 11.2. The largest absolute Gasteiger partial charge is 0.490 e. The summed E-state index contributed by atoms with van der Waals surface area (Å²) >= 11 is 0. The van der Waals surface area contributed by atoms with Crippen LogP contribution in [0.4, 0.5) is 11.4 Å². The Hall–Kier alpha value is -2.89. The molecule has 1 heterocycles. The molecule has 0 radical (unpaired) electrons. The van der Waals surface area contributed by atoms with Crippen molar-refractivity contribution in [2.24, 2.45) is 0 Å². The number of carbonyl (C=O) groups excluding carboxylic acids is 1. The van der Waals surface area contributed by atoms with Crippen molar-refractivity contribution in [3.8, 4) is 5.75 Å². The Labute approximate surface area is 139 Å². The van der Waals surface area contributed by atoms with E-state index < -0.39 is 4.92 Å². The SMILES string of the molecule is COc1ccc(C(=O)N2c3ccccc3CCC2C)cc1[N+](=O)[O-]. The first-order chi connectivity index (χ1) is 11.5. The number of amides is 1. The lowest BCUT2D eigenvalue weighted by atomic mass is 9.95. The summed E-state index contributed by atoms with van der Waals surface area (Å²) in [6.07, 6.45) is 1.78. The number of nitro groups is 1. The highest BCUT2D eigenvalue weighted by Crippen LogP contribution is 2.33. The fraction of sp³-hybridized carbons (Fsp3) is 0.278. The second kappa shape index (κ2) is 6.31. The fourth-order valence-corrected chi connectivity index (χ4v) is 3.10. The van der Waals surface area contributed by atoms with Crippen molar-refractivity contribution >= 4 is 17.3 Å². The van der Waals surface area contributed by atoms with Crippen molar-refractivity contribution in [3.63, 3.8) is 0 Å². The van der Waals surface area contributed by atoms with Crippen molar-refractivity contribution in [1.82, 2.24) is 0 Å². The van der Waals surface area contributed by atoms with Gasteiger partial charge in [0.1, 0.15) is 0 Å². The van der Waals surface area contributed by atoms with Crippen molar-refractivity contribution < 1.29 is 14.5 Å². The van der Waals surface area contributed by atoms with Crippen LogP contribution in [0.5, 0.6) is 5.75 Å². The van der Waals surface area contributed by atoms with E-state index in [1.54, 1.807) is 11.0 Å². The molecule has 1 aliphatic heterocycles. The molecule has 0 bridgehead atoms. The summed E-state index contributed by atoms with van der Waals surface area (Å²) < 4.78 is 5.00. The third-order valence-electron chi connectivity index (χ3n) is 4.36. The fourth-order valence-electron chi connectivity index (χ4n) is 3.10. The first-order valence-electron chi connectivity index (χ1n) is 7.77. The summed E-state index contributed by atoms with van der Waals surface area (Å²) in [6, 6.07) is 12.1.